The number of likely N-dealkylation sites (tertiary alicyclic amines) is 1. The van der Waals surface area contributed by atoms with Crippen molar-refractivity contribution in [2.24, 2.45) is 18.7 Å². The molecule has 0 radical (unpaired) electrons. The maximum Gasteiger partial charge on any atom is 0.254 e. The number of benzene rings is 1. The molecule has 1 fully saturated rings. The van der Waals surface area contributed by atoms with Gasteiger partial charge in [0.15, 0.2) is 5.82 Å². The number of aryl methyl sites for hydroxylation is 1. The maximum atomic E-state index is 13.3. The molecule has 1 aliphatic heterocycles. The van der Waals surface area contributed by atoms with Crippen LogP contribution in [0.15, 0.2) is 29.6 Å². The number of carbonyl (C=O) groups is 1. The van der Waals surface area contributed by atoms with Gasteiger partial charge in [0.2, 0.25) is 0 Å². The summed E-state index contributed by atoms with van der Waals surface area (Å²) in [6.07, 6.45) is 1.90. The Morgan fingerprint density at radius 2 is 2.15 bits per heavy atom. The molecule has 1 atom stereocenters. The molecule has 0 saturated carbocycles. The van der Waals surface area contributed by atoms with Gasteiger partial charge in [0.1, 0.15) is 16.1 Å². The standard InChI is InChI=1S/C25H31N5O2S/c1-15(2)13-30-20(11-16-7-9-33-25(16)30)23-27-19-10-17(12-21(32-4)22(19)28(23)3)24(31)29-8-5-6-18(26)14-29/h7,9-12,15,18H,5-6,8,13-14,26H2,1-4H3. The second-order valence-electron chi connectivity index (χ2n) is 9.41. The lowest BCUT2D eigenvalue weighted by Gasteiger charge is -2.30. The number of thiophene rings is 1. The fourth-order valence-corrected chi connectivity index (χ4v) is 5.81. The van der Waals surface area contributed by atoms with Crippen LogP contribution in [-0.2, 0) is 13.6 Å². The van der Waals surface area contributed by atoms with Crippen molar-refractivity contribution >= 4 is 38.5 Å². The van der Waals surface area contributed by atoms with Crippen LogP contribution in [0.3, 0.4) is 0 Å². The van der Waals surface area contributed by atoms with Gasteiger partial charge >= 0.3 is 0 Å². The van der Waals surface area contributed by atoms with Crippen molar-refractivity contribution < 1.29 is 9.53 Å². The Morgan fingerprint density at radius 3 is 2.88 bits per heavy atom. The summed E-state index contributed by atoms with van der Waals surface area (Å²) < 4.78 is 10.2. The average Bonchev–Trinajstić information content (AvgIpc) is 3.47. The van der Waals surface area contributed by atoms with E-state index in [1.807, 2.05) is 24.1 Å². The lowest BCUT2D eigenvalue weighted by molar-refractivity contribution is 0.0708. The zero-order valence-electron chi connectivity index (χ0n) is 19.7. The van der Waals surface area contributed by atoms with Gasteiger partial charge in [0.05, 0.1) is 18.3 Å². The Morgan fingerprint density at radius 1 is 1.33 bits per heavy atom. The zero-order valence-corrected chi connectivity index (χ0v) is 20.5. The molecule has 7 nitrogen and oxygen atoms in total. The van der Waals surface area contributed by atoms with Crippen LogP contribution >= 0.6 is 11.3 Å². The van der Waals surface area contributed by atoms with Gasteiger partial charge in [-0.15, -0.1) is 11.3 Å². The number of hydrogen-bond donors (Lipinski definition) is 1. The van der Waals surface area contributed by atoms with Crippen LogP contribution in [0.1, 0.15) is 37.0 Å². The summed E-state index contributed by atoms with van der Waals surface area (Å²) in [5.74, 6) is 2.02. The number of nitrogens with two attached hydrogens (primary N) is 1. The van der Waals surface area contributed by atoms with E-state index in [-0.39, 0.29) is 11.9 Å². The fourth-order valence-electron chi connectivity index (χ4n) is 4.90. The molecular formula is C25H31N5O2S. The number of carbonyl (C=O) groups excluding carboxylic acids is 1. The lowest BCUT2D eigenvalue weighted by atomic mass is 10.0. The summed E-state index contributed by atoms with van der Waals surface area (Å²) in [6, 6.07) is 8.13. The van der Waals surface area contributed by atoms with Gasteiger partial charge in [-0.2, -0.15) is 0 Å². The molecule has 174 valence electrons. The summed E-state index contributed by atoms with van der Waals surface area (Å²) in [6.45, 7) is 6.70. The highest BCUT2D eigenvalue weighted by molar-refractivity contribution is 7.16. The highest BCUT2D eigenvalue weighted by Gasteiger charge is 2.25. The molecule has 4 heterocycles. The van der Waals surface area contributed by atoms with Crippen molar-refractivity contribution in [3.63, 3.8) is 0 Å². The number of fused-ring (bicyclic) bond motifs is 2. The molecule has 0 bridgehead atoms. The summed E-state index contributed by atoms with van der Waals surface area (Å²) in [7, 11) is 3.66. The van der Waals surface area contributed by atoms with Gasteiger partial charge in [0.25, 0.3) is 5.91 Å². The molecule has 5 rings (SSSR count). The van der Waals surface area contributed by atoms with E-state index in [9.17, 15) is 4.79 Å². The van der Waals surface area contributed by atoms with Crippen LogP contribution in [0.5, 0.6) is 5.75 Å². The summed E-state index contributed by atoms with van der Waals surface area (Å²) in [5.41, 5.74) is 9.44. The molecule has 1 saturated heterocycles. The van der Waals surface area contributed by atoms with Gasteiger partial charge in [-0.05, 0) is 48.4 Å². The minimum atomic E-state index is -0.0127. The monoisotopic (exact) mass is 465 g/mol. The van der Waals surface area contributed by atoms with Crippen molar-refractivity contribution in [1.82, 2.24) is 19.0 Å². The third-order valence-corrected chi connectivity index (χ3v) is 7.38. The largest absolute Gasteiger partial charge is 0.494 e. The average molecular weight is 466 g/mol. The molecule has 0 spiro atoms. The fraction of sp³-hybridized carbons (Fsp3) is 0.440. The molecular weight excluding hydrogens is 434 g/mol. The van der Waals surface area contributed by atoms with Crippen molar-refractivity contribution in [3.05, 3.63) is 35.2 Å². The number of hydrogen-bond acceptors (Lipinski definition) is 5. The normalized spacial score (nSPS) is 16.9. The smallest absolute Gasteiger partial charge is 0.254 e. The number of rotatable bonds is 5. The highest BCUT2D eigenvalue weighted by Crippen LogP contribution is 2.36. The third-order valence-electron chi connectivity index (χ3n) is 6.43. The van der Waals surface area contributed by atoms with Gasteiger partial charge < -0.3 is 24.5 Å². The highest BCUT2D eigenvalue weighted by atomic mass is 32.1. The van der Waals surface area contributed by atoms with Gasteiger partial charge in [-0.25, -0.2) is 4.98 Å². The quantitative estimate of drug-likeness (QED) is 0.471. The number of imidazole rings is 1. The van der Waals surface area contributed by atoms with Crippen LogP contribution in [0.25, 0.3) is 32.8 Å². The van der Waals surface area contributed by atoms with Crippen molar-refractivity contribution in [2.45, 2.75) is 39.3 Å². The van der Waals surface area contributed by atoms with E-state index < -0.39 is 0 Å². The maximum absolute atomic E-state index is 13.3. The Balaban J connectivity index is 1.63. The Hall–Kier alpha value is -2.84. The van der Waals surface area contributed by atoms with Crippen LogP contribution in [0, 0.1) is 5.92 Å². The van der Waals surface area contributed by atoms with E-state index in [1.165, 1.54) is 10.2 Å². The Kier molecular flexibility index (Phi) is 5.66. The first-order valence-electron chi connectivity index (χ1n) is 11.5. The van der Waals surface area contributed by atoms with Crippen LogP contribution in [-0.4, -0.2) is 51.2 Å². The summed E-state index contributed by atoms with van der Waals surface area (Å²) in [4.78, 5) is 21.4. The number of amides is 1. The van der Waals surface area contributed by atoms with E-state index in [1.54, 1.807) is 18.4 Å². The lowest BCUT2D eigenvalue weighted by Crippen LogP contribution is -2.45. The topological polar surface area (TPSA) is 78.3 Å². The van der Waals surface area contributed by atoms with Crippen LogP contribution in [0.4, 0.5) is 0 Å². The van der Waals surface area contributed by atoms with Crippen molar-refractivity contribution in [2.75, 3.05) is 20.2 Å². The zero-order chi connectivity index (χ0) is 23.3. The van der Waals surface area contributed by atoms with Gasteiger partial charge in [0, 0.05) is 43.7 Å². The van der Waals surface area contributed by atoms with E-state index in [0.29, 0.717) is 23.8 Å². The van der Waals surface area contributed by atoms with Crippen molar-refractivity contribution in [3.8, 4) is 17.3 Å². The number of methoxy groups -OCH3 is 1. The number of piperidine rings is 1. The van der Waals surface area contributed by atoms with E-state index in [4.69, 9.17) is 15.5 Å². The van der Waals surface area contributed by atoms with E-state index >= 15 is 0 Å². The summed E-state index contributed by atoms with van der Waals surface area (Å²) >= 11 is 1.75. The molecule has 3 aromatic heterocycles. The third kappa shape index (κ3) is 3.81. The SMILES string of the molecule is COc1cc(C(=O)N2CCCC(N)C2)cc2nc(-c3cc4ccsc4n3CC(C)C)n(C)c12. The molecule has 1 aliphatic rings. The molecule has 8 heteroatoms. The Bertz CT molecular complexity index is 1330. The molecule has 33 heavy (non-hydrogen) atoms. The molecule has 1 aromatic carbocycles. The van der Waals surface area contributed by atoms with Crippen molar-refractivity contribution in [1.29, 1.82) is 0 Å². The predicted octanol–water partition coefficient (Wildman–Crippen LogP) is 4.48. The molecule has 1 unspecified atom stereocenters. The summed E-state index contributed by atoms with van der Waals surface area (Å²) in [5, 5.41) is 3.36. The second-order valence-corrected chi connectivity index (χ2v) is 10.3. The minimum absolute atomic E-state index is 0.0127. The molecule has 2 N–H and O–H groups in total. The minimum Gasteiger partial charge on any atom is -0.494 e. The second kappa shape index (κ2) is 8.50. The molecule has 4 aromatic rings. The predicted molar refractivity (Wildman–Crippen MR) is 134 cm³/mol. The first kappa shape index (κ1) is 22.0. The van der Waals surface area contributed by atoms with Crippen LogP contribution < -0.4 is 10.5 Å². The number of aromatic nitrogens is 3. The Labute approximate surface area is 197 Å². The van der Waals surface area contributed by atoms with E-state index in [0.717, 1.165) is 48.5 Å². The van der Waals surface area contributed by atoms with Crippen LogP contribution in [0.2, 0.25) is 0 Å². The van der Waals surface area contributed by atoms with Gasteiger partial charge in [-0.3, -0.25) is 4.79 Å². The molecule has 1 amide bonds. The van der Waals surface area contributed by atoms with E-state index in [2.05, 4.69) is 40.5 Å². The first-order chi connectivity index (χ1) is 15.9. The molecule has 0 aliphatic carbocycles. The first-order valence-corrected chi connectivity index (χ1v) is 12.4. The number of ether oxygens (including phenoxy) is 1. The number of nitrogens with zero attached hydrogens (tertiary/aromatic N) is 4. The van der Waals surface area contributed by atoms with Gasteiger partial charge in [-0.1, -0.05) is 13.8 Å².